The molecule has 0 spiro atoms. The van der Waals surface area contributed by atoms with Crippen LogP contribution in [0, 0.1) is 10.1 Å². The van der Waals surface area contributed by atoms with E-state index < -0.39 is 4.92 Å². The van der Waals surface area contributed by atoms with Gasteiger partial charge in [0.25, 0.3) is 11.2 Å². The number of anilines is 1. The Labute approximate surface area is 192 Å². The number of aryl methyl sites for hydroxylation is 1. The van der Waals surface area contributed by atoms with Gasteiger partial charge >= 0.3 is 5.69 Å². The van der Waals surface area contributed by atoms with Crippen molar-refractivity contribution in [1.82, 2.24) is 14.0 Å². The molecule has 174 valence electrons. The van der Waals surface area contributed by atoms with Gasteiger partial charge in [0.1, 0.15) is 5.82 Å². The summed E-state index contributed by atoms with van der Waals surface area (Å²) in [5.74, 6) is 0.494. The van der Waals surface area contributed by atoms with Crippen molar-refractivity contribution in [2.75, 3.05) is 25.0 Å². The average molecular weight is 452 g/mol. The molecular weight excluding hydrogens is 422 g/mol. The van der Waals surface area contributed by atoms with E-state index in [-0.39, 0.29) is 16.9 Å². The van der Waals surface area contributed by atoms with Crippen LogP contribution in [0.3, 0.4) is 0 Å². The van der Waals surface area contributed by atoms with Crippen molar-refractivity contribution in [3.63, 3.8) is 0 Å². The van der Waals surface area contributed by atoms with E-state index in [1.54, 1.807) is 19.2 Å². The SMILES string of the molecule is Cn1c(NCCN(CCCc2ccc([N+](=O)[O-])cc2)Cc2ccccc2)cc(=O)n(C)c1=O. The lowest BCUT2D eigenvalue weighted by atomic mass is 10.1. The molecule has 9 nitrogen and oxygen atoms in total. The Balaban J connectivity index is 1.60. The first-order chi connectivity index (χ1) is 15.8. The van der Waals surface area contributed by atoms with E-state index in [0.29, 0.717) is 12.4 Å². The number of rotatable bonds is 11. The molecule has 0 atom stereocenters. The van der Waals surface area contributed by atoms with E-state index in [1.807, 2.05) is 18.2 Å². The number of hydrogen-bond acceptors (Lipinski definition) is 6. The number of benzene rings is 2. The second-order valence-electron chi connectivity index (χ2n) is 7.98. The number of nitro benzene ring substituents is 1. The van der Waals surface area contributed by atoms with E-state index in [1.165, 1.54) is 35.4 Å². The zero-order valence-corrected chi connectivity index (χ0v) is 18.9. The molecule has 0 bridgehead atoms. The molecular formula is C24H29N5O4. The standard InChI is InChI=1S/C24H29N5O4/c1-26-22(17-23(30)27(2)24(26)31)25-14-16-28(18-20-7-4-3-5-8-20)15-6-9-19-10-12-21(13-11-19)29(32)33/h3-5,7-8,10-13,17,25H,6,9,14-16,18H2,1-2H3. The summed E-state index contributed by atoms with van der Waals surface area (Å²) in [7, 11) is 3.09. The van der Waals surface area contributed by atoms with Crippen LogP contribution in [-0.4, -0.2) is 38.6 Å². The second kappa shape index (κ2) is 11.2. The van der Waals surface area contributed by atoms with Crippen LogP contribution in [0.1, 0.15) is 17.5 Å². The Hall–Kier alpha value is -3.72. The summed E-state index contributed by atoms with van der Waals surface area (Å²) in [4.78, 5) is 36.8. The molecule has 0 aliphatic carbocycles. The van der Waals surface area contributed by atoms with Crippen molar-refractivity contribution in [2.24, 2.45) is 14.1 Å². The van der Waals surface area contributed by atoms with Gasteiger partial charge in [-0.3, -0.25) is 28.9 Å². The molecule has 0 saturated heterocycles. The molecule has 0 aliphatic rings. The van der Waals surface area contributed by atoms with Gasteiger partial charge in [-0.2, -0.15) is 0 Å². The van der Waals surface area contributed by atoms with E-state index in [9.17, 15) is 19.7 Å². The van der Waals surface area contributed by atoms with Gasteiger partial charge in [-0.25, -0.2) is 4.79 Å². The molecule has 9 heteroatoms. The van der Waals surface area contributed by atoms with Gasteiger partial charge in [-0.1, -0.05) is 42.5 Å². The van der Waals surface area contributed by atoms with E-state index in [0.717, 1.165) is 42.6 Å². The topological polar surface area (TPSA) is 102 Å². The molecule has 1 aromatic heterocycles. The summed E-state index contributed by atoms with van der Waals surface area (Å²) < 4.78 is 2.50. The molecule has 1 heterocycles. The fourth-order valence-corrected chi connectivity index (χ4v) is 3.65. The highest BCUT2D eigenvalue weighted by molar-refractivity contribution is 5.34. The largest absolute Gasteiger partial charge is 0.370 e. The first-order valence-corrected chi connectivity index (χ1v) is 10.9. The van der Waals surface area contributed by atoms with E-state index in [4.69, 9.17) is 0 Å². The lowest BCUT2D eigenvalue weighted by Gasteiger charge is -2.23. The first-order valence-electron chi connectivity index (χ1n) is 10.9. The minimum atomic E-state index is -0.392. The van der Waals surface area contributed by atoms with Gasteiger partial charge in [0, 0.05) is 51.9 Å². The minimum Gasteiger partial charge on any atom is -0.370 e. The predicted octanol–water partition coefficient (Wildman–Crippen LogP) is 2.54. The summed E-state index contributed by atoms with van der Waals surface area (Å²) in [6.07, 6.45) is 1.72. The monoisotopic (exact) mass is 451 g/mol. The number of nitrogens with zero attached hydrogens (tertiary/aromatic N) is 4. The third kappa shape index (κ3) is 6.63. The van der Waals surface area contributed by atoms with Crippen molar-refractivity contribution in [1.29, 1.82) is 0 Å². The van der Waals surface area contributed by atoms with Gasteiger partial charge in [0.2, 0.25) is 0 Å². The van der Waals surface area contributed by atoms with Crippen molar-refractivity contribution < 1.29 is 4.92 Å². The Morgan fingerprint density at radius 3 is 2.30 bits per heavy atom. The molecule has 33 heavy (non-hydrogen) atoms. The fourth-order valence-electron chi connectivity index (χ4n) is 3.65. The maximum atomic E-state index is 12.1. The number of non-ortho nitro benzene ring substituents is 1. The van der Waals surface area contributed by atoms with Crippen molar-refractivity contribution in [3.05, 3.63) is 103 Å². The highest BCUT2D eigenvalue weighted by atomic mass is 16.6. The molecule has 3 aromatic rings. The van der Waals surface area contributed by atoms with Crippen LogP contribution in [-0.2, 0) is 27.1 Å². The summed E-state index contributed by atoms with van der Waals surface area (Å²) in [6.45, 7) is 2.91. The Morgan fingerprint density at radius 2 is 1.64 bits per heavy atom. The zero-order chi connectivity index (χ0) is 23.8. The van der Waals surface area contributed by atoms with E-state index >= 15 is 0 Å². The van der Waals surface area contributed by atoms with Gasteiger partial charge in [0.05, 0.1) is 4.92 Å². The molecule has 0 saturated carbocycles. The third-order valence-electron chi connectivity index (χ3n) is 5.60. The van der Waals surface area contributed by atoms with E-state index in [2.05, 4.69) is 22.3 Å². The van der Waals surface area contributed by atoms with Crippen LogP contribution in [0.2, 0.25) is 0 Å². The molecule has 3 rings (SSSR count). The maximum Gasteiger partial charge on any atom is 0.332 e. The molecule has 0 amide bonds. The van der Waals surface area contributed by atoms with Crippen molar-refractivity contribution in [3.8, 4) is 0 Å². The van der Waals surface area contributed by atoms with Gasteiger partial charge in [0.15, 0.2) is 0 Å². The van der Waals surface area contributed by atoms with Gasteiger partial charge < -0.3 is 5.32 Å². The molecule has 0 radical (unpaired) electrons. The molecule has 1 N–H and O–H groups in total. The van der Waals surface area contributed by atoms with Crippen LogP contribution in [0.25, 0.3) is 0 Å². The lowest BCUT2D eigenvalue weighted by Crippen LogP contribution is -2.38. The van der Waals surface area contributed by atoms with Crippen molar-refractivity contribution in [2.45, 2.75) is 19.4 Å². The van der Waals surface area contributed by atoms with Crippen molar-refractivity contribution >= 4 is 11.5 Å². The number of nitro groups is 1. The van der Waals surface area contributed by atoms with Gasteiger partial charge in [-0.05, 0) is 30.5 Å². The second-order valence-corrected chi connectivity index (χ2v) is 7.98. The number of hydrogen-bond donors (Lipinski definition) is 1. The molecule has 0 fully saturated rings. The molecule has 0 aliphatic heterocycles. The highest BCUT2D eigenvalue weighted by Crippen LogP contribution is 2.14. The Bertz CT molecular complexity index is 1190. The summed E-state index contributed by atoms with van der Waals surface area (Å²) in [5.41, 5.74) is 1.65. The summed E-state index contributed by atoms with van der Waals surface area (Å²) >= 11 is 0. The summed E-state index contributed by atoms with van der Waals surface area (Å²) in [6, 6.07) is 18.3. The van der Waals surface area contributed by atoms with Crippen LogP contribution in [0.15, 0.2) is 70.3 Å². The Kier molecular flexibility index (Phi) is 8.15. The van der Waals surface area contributed by atoms with Crippen LogP contribution in [0.5, 0.6) is 0 Å². The molecule has 2 aromatic carbocycles. The van der Waals surface area contributed by atoms with Crippen LogP contribution in [0.4, 0.5) is 11.5 Å². The van der Waals surface area contributed by atoms with Crippen LogP contribution < -0.4 is 16.6 Å². The summed E-state index contributed by atoms with van der Waals surface area (Å²) in [5, 5.41) is 14.0. The number of aromatic nitrogens is 2. The normalized spacial score (nSPS) is 11.0. The fraction of sp³-hybridized carbons (Fsp3) is 0.333. The number of nitrogens with one attached hydrogen (secondary N) is 1. The first kappa shape index (κ1) is 23.9. The quantitative estimate of drug-likeness (QED) is 0.355. The third-order valence-corrected chi connectivity index (χ3v) is 5.60. The zero-order valence-electron chi connectivity index (χ0n) is 18.9. The Morgan fingerprint density at radius 1 is 0.939 bits per heavy atom. The van der Waals surface area contributed by atoms with Crippen LogP contribution >= 0.6 is 0 Å². The smallest absolute Gasteiger partial charge is 0.332 e. The minimum absolute atomic E-state index is 0.0978. The predicted molar refractivity (Wildman–Crippen MR) is 129 cm³/mol. The maximum absolute atomic E-state index is 12.1. The lowest BCUT2D eigenvalue weighted by molar-refractivity contribution is -0.384. The molecule has 0 unspecified atom stereocenters. The average Bonchev–Trinajstić information content (AvgIpc) is 2.81. The highest BCUT2D eigenvalue weighted by Gasteiger charge is 2.10. The van der Waals surface area contributed by atoms with Gasteiger partial charge in [-0.15, -0.1) is 0 Å².